The SMILES string of the molecule is Cc1nc(NCC(C)(C)N2CCOCC2)cc([C@@H]2CCCNC2)n1. The minimum Gasteiger partial charge on any atom is -0.379 e. The Labute approximate surface area is 145 Å². The van der Waals surface area contributed by atoms with Crippen LogP contribution < -0.4 is 10.6 Å². The number of hydrogen-bond donors (Lipinski definition) is 2. The van der Waals surface area contributed by atoms with Gasteiger partial charge in [0.1, 0.15) is 11.6 Å². The van der Waals surface area contributed by atoms with Crippen molar-refractivity contribution in [3.8, 4) is 0 Å². The van der Waals surface area contributed by atoms with Crippen molar-refractivity contribution in [1.29, 1.82) is 0 Å². The van der Waals surface area contributed by atoms with Crippen LogP contribution in [-0.2, 0) is 4.74 Å². The van der Waals surface area contributed by atoms with Crippen LogP contribution >= 0.6 is 0 Å². The molecule has 2 saturated heterocycles. The Kier molecular flexibility index (Phi) is 5.69. The monoisotopic (exact) mass is 333 g/mol. The molecule has 0 unspecified atom stereocenters. The second kappa shape index (κ2) is 7.76. The van der Waals surface area contributed by atoms with E-state index in [1.165, 1.54) is 18.5 Å². The van der Waals surface area contributed by atoms with Gasteiger partial charge in [0.05, 0.1) is 18.9 Å². The lowest BCUT2D eigenvalue weighted by Crippen LogP contribution is -2.53. The van der Waals surface area contributed by atoms with Crippen molar-refractivity contribution in [1.82, 2.24) is 20.2 Å². The smallest absolute Gasteiger partial charge is 0.129 e. The summed E-state index contributed by atoms with van der Waals surface area (Å²) in [4.78, 5) is 11.8. The first-order valence-corrected chi connectivity index (χ1v) is 9.17. The van der Waals surface area contributed by atoms with Gasteiger partial charge in [0.15, 0.2) is 0 Å². The van der Waals surface area contributed by atoms with Gasteiger partial charge in [0.25, 0.3) is 0 Å². The van der Waals surface area contributed by atoms with E-state index in [1.807, 2.05) is 6.92 Å². The average molecular weight is 333 g/mol. The molecule has 1 aromatic rings. The fraction of sp³-hybridized carbons (Fsp3) is 0.778. The van der Waals surface area contributed by atoms with E-state index in [0.717, 1.165) is 57.6 Å². The number of rotatable bonds is 5. The van der Waals surface area contributed by atoms with Gasteiger partial charge in [-0.25, -0.2) is 9.97 Å². The highest BCUT2D eigenvalue weighted by Crippen LogP contribution is 2.24. The average Bonchev–Trinajstić information content (AvgIpc) is 2.61. The van der Waals surface area contributed by atoms with Gasteiger partial charge >= 0.3 is 0 Å². The lowest BCUT2D eigenvalue weighted by molar-refractivity contribution is -0.00570. The Balaban J connectivity index is 1.64. The van der Waals surface area contributed by atoms with Crippen molar-refractivity contribution in [3.63, 3.8) is 0 Å². The van der Waals surface area contributed by atoms with Crippen LogP contribution in [0.25, 0.3) is 0 Å². The number of morpholine rings is 1. The van der Waals surface area contributed by atoms with Crippen LogP contribution in [0, 0.1) is 6.92 Å². The number of hydrogen-bond acceptors (Lipinski definition) is 6. The van der Waals surface area contributed by atoms with Gasteiger partial charge in [-0.1, -0.05) is 0 Å². The molecule has 0 amide bonds. The standard InChI is InChI=1S/C18H31N5O/c1-14-21-16(15-5-4-6-19-12-15)11-17(22-14)20-13-18(2,3)23-7-9-24-10-8-23/h11,15,19H,4-10,12-13H2,1-3H3,(H,20,21,22)/t15-/m1/s1. The summed E-state index contributed by atoms with van der Waals surface area (Å²) in [6.07, 6.45) is 2.43. The summed E-state index contributed by atoms with van der Waals surface area (Å²) in [6, 6.07) is 2.14. The Morgan fingerprint density at radius 1 is 1.33 bits per heavy atom. The van der Waals surface area contributed by atoms with Crippen LogP contribution in [0.5, 0.6) is 0 Å². The van der Waals surface area contributed by atoms with E-state index in [9.17, 15) is 0 Å². The molecule has 3 heterocycles. The van der Waals surface area contributed by atoms with Gasteiger partial charge in [-0.05, 0) is 40.2 Å². The zero-order chi connectivity index (χ0) is 17.0. The minimum atomic E-state index is 0.0786. The zero-order valence-corrected chi connectivity index (χ0v) is 15.3. The number of aryl methyl sites for hydroxylation is 1. The molecule has 2 aliphatic rings. The first kappa shape index (κ1) is 17.6. The van der Waals surface area contributed by atoms with Gasteiger partial charge in [0, 0.05) is 43.7 Å². The second-order valence-corrected chi connectivity index (χ2v) is 7.53. The van der Waals surface area contributed by atoms with E-state index in [2.05, 4.69) is 45.4 Å². The molecule has 2 aliphatic heterocycles. The molecule has 0 radical (unpaired) electrons. The Morgan fingerprint density at radius 3 is 2.83 bits per heavy atom. The Morgan fingerprint density at radius 2 is 2.12 bits per heavy atom. The molecule has 2 fully saturated rings. The first-order valence-electron chi connectivity index (χ1n) is 9.17. The molecule has 0 bridgehead atoms. The van der Waals surface area contributed by atoms with Gasteiger partial charge in [-0.15, -0.1) is 0 Å². The maximum atomic E-state index is 5.47. The maximum Gasteiger partial charge on any atom is 0.129 e. The van der Waals surface area contributed by atoms with Crippen LogP contribution in [0.15, 0.2) is 6.07 Å². The van der Waals surface area contributed by atoms with Crippen molar-refractivity contribution >= 4 is 5.82 Å². The van der Waals surface area contributed by atoms with Gasteiger partial charge in [-0.3, -0.25) is 4.90 Å². The molecule has 6 heteroatoms. The fourth-order valence-electron chi connectivity index (χ4n) is 3.58. The van der Waals surface area contributed by atoms with Crippen molar-refractivity contribution in [3.05, 3.63) is 17.6 Å². The fourth-order valence-corrected chi connectivity index (χ4v) is 3.58. The summed E-state index contributed by atoms with van der Waals surface area (Å²) in [5.74, 6) is 2.31. The van der Waals surface area contributed by atoms with Crippen LogP contribution in [-0.4, -0.2) is 66.3 Å². The van der Waals surface area contributed by atoms with E-state index >= 15 is 0 Å². The van der Waals surface area contributed by atoms with Crippen molar-refractivity contribution in [2.24, 2.45) is 0 Å². The number of piperidine rings is 1. The molecular formula is C18H31N5O. The van der Waals surface area contributed by atoms with E-state index in [4.69, 9.17) is 4.74 Å². The van der Waals surface area contributed by atoms with E-state index in [-0.39, 0.29) is 5.54 Å². The van der Waals surface area contributed by atoms with Gasteiger partial charge in [-0.2, -0.15) is 0 Å². The second-order valence-electron chi connectivity index (χ2n) is 7.53. The van der Waals surface area contributed by atoms with Gasteiger partial charge < -0.3 is 15.4 Å². The normalized spacial score (nSPS) is 23.2. The van der Waals surface area contributed by atoms with Crippen LogP contribution in [0.3, 0.4) is 0 Å². The quantitative estimate of drug-likeness (QED) is 0.856. The number of aromatic nitrogens is 2. The predicted molar refractivity (Wildman–Crippen MR) is 96.6 cm³/mol. The van der Waals surface area contributed by atoms with Crippen LogP contribution in [0.1, 0.15) is 44.1 Å². The van der Waals surface area contributed by atoms with E-state index in [1.54, 1.807) is 0 Å². The van der Waals surface area contributed by atoms with Crippen molar-refractivity contribution < 1.29 is 4.74 Å². The van der Waals surface area contributed by atoms with Crippen molar-refractivity contribution in [2.75, 3.05) is 51.3 Å². The zero-order valence-electron chi connectivity index (χ0n) is 15.3. The molecule has 0 aromatic carbocycles. The van der Waals surface area contributed by atoms with E-state index in [0.29, 0.717) is 5.92 Å². The summed E-state index contributed by atoms with van der Waals surface area (Å²) in [5.41, 5.74) is 1.25. The van der Waals surface area contributed by atoms with Crippen molar-refractivity contribution in [2.45, 2.75) is 45.1 Å². The highest BCUT2D eigenvalue weighted by atomic mass is 16.5. The molecule has 6 nitrogen and oxygen atoms in total. The number of nitrogens with one attached hydrogen (secondary N) is 2. The highest BCUT2D eigenvalue weighted by molar-refractivity contribution is 5.38. The first-order chi connectivity index (χ1) is 11.5. The lowest BCUT2D eigenvalue weighted by atomic mass is 9.96. The summed E-state index contributed by atoms with van der Waals surface area (Å²) in [6.45, 7) is 13.2. The van der Waals surface area contributed by atoms with Crippen LogP contribution in [0.2, 0.25) is 0 Å². The lowest BCUT2D eigenvalue weighted by Gasteiger charge is -2.41. The number of anilines is 1. The number of ether oxygens (including phenoxy) is 1. The third-order valence-electron chi connectivity index (χ3n) is 5.14. The Bertz CT molecular complexity index is 536. The topological polar surface area (TPSA) is 62.3 Å². The Hall–Kier alpha value is -1.24. The molecular weight excluding hydrogens is 302 g/mol. The number of nitrogens with zero attached hydrogens (tertiary/aromatic N) is 3. The molecule has 0 spiro atoms. The minimum absolute atomic E-state index is 0.0786. The molecule has 1 aromatic heterocycles. The highest BCUT2D eigenvalue weighted by Gasteiger charge is 2.28. The molecule has 3 rings (SSSR count). The summed E-state index contributed by atoms with van der Waals surface area (Å²) < 4.78 is 5.47. The maximum absolute atomic E-state index is 5.47. The molecule has 1 atom stereocenters. The van der Waals surface area contributed by atoms with E-state index < -0.39 is 0 Å². The van der Waals surface area contributed by atoms with Crippen LogP contribution in [0.4, 0.5) is 5.82 Å². The summed E-state index contributed by atoms with van der Waals surface area (Å²) >= 11 is 0. The third kappa shape index (κ3) is 4.43. The van der Waals surface area contributed by atoms with Gasteiger partial charge in [0.2, 0.25) is 0 Å². The third-order valence-corrected chi connectivity index (χ3v) is 5.14. The largest absolute Gasteiger partial charge is 0.379 e. The molecule has 0 aliphatic carbocycles. The summed E-state index contributed by atoms with van der Waals surface area (Å²) in [7, 11) is 0. The molecule has 2 N–H and O–H groups in total. The molecule has 24 heavy (non-hydrogen) atoms. The molecule has 134 valence electrons. The molecule has 0 saturated carbocycles. The predicted octanol–water partition coefficient (Wildman–Crippen LogP) is 1.77. The summed E-state index contributed by atoms with van der Waals surface area (Å²) in [5, 5.41) is 7.02.